The van der Waals surface area contributed by atoms with Gasteiger partial charge in [0.1, 0.15) is 6.10 Å². The smallest absolute Gasteiger partial charge is 0.161 e. The van der Waals surface area contributed by atoms with Gasteiger partial charge in [-0.1, -0.05) is 19.4 Å². The molecule has 0 aliphatic heterocycles. The minimum absolute atomic E-state index is 0.172. The number of ether oxygens (including phenoxy) is 1. The van der Waals surface area contributed by atoms with E-state index in [2.05, 4.69) is 6.58 Å². The molecule has 0 radical (unpaired) electrons. The number of carbonyl (C=O) groups is 1. The van der Waals surface area contributed by atoms with E-state index < -0.39 is 0 Å². The predicted molar refractivity (Wildman–Crippen MR) is 64.0 cm³/mol. The second-order valence-corrected chi connectivity index (χ2v) is 3.71. The van der Waals surface area contributed by atoms with Gasteiger partial charge in [0.15, 0.2) is 5.78 Å². The fourth-order valence-electron chi connectivity index (χ4n) is 1.57. The lowest BCUT2D eigenvalue weighted by Gasteiger charge is -2.13. The summed E-state index contributed by atoms with van der Waals surface area (Å²) in [5, 5.41) is 0. The van der Waals surface area contributed by atoms with E-state index in [0.29, 0.717) is 13.0 Å². The highest BCUT2D eigenvalue weighted by Gasteiger charge is 2.15. The van der Waals surface area contributed by atoms with Crippen LogP contribution in [0.1, 0.15) is 52.4 Å². The van der Waals surface area contributed by atoms with Crippen molar-refractivity contribution in [2.75, 3.05) is 6.61 Å². The van der Waals surface area contributed by atoms with Crippen LogP contribution in [-0.4, -0.2) is 18.5 Å². The van der Waals surface area contributed by atoms with Crippen LogP contribution in [0.5, 0.6) is 0 Å². The van der Waals surface area contributed by atoms with Gasteiger partial charge in [0.2, 0.25) is 0 Å². The molecule has 0 aromatic heterocycles. The van der Waals surface area contributed by atoms with E-state index in [1.165, 1.54) is 0 Å². The normalized spacial score (nSPS) is 12.4. The molecule has 1 unspecified atom stereocenters. The Bertz CT molecular complexity index is 175. The van der Waals surface area contributed by atoms with Crippen LogP contribution in [-0.2, 0) is 9.53 Å². The van der Waals surface area contributed by atoms with Gasteiger partial charge in [0.05, 0.1) is 0 Å². The molecule has 88 valence electrons. The minimum Gasteiger partial charge on any atom is -0.371 e. The molecule has 0 aliphatic rings. The average molecular weight is 212 g/mol. The number of Topliss-reactive ketones (excluding diaryl/α,β-unsaturated/α-hetero) is 1. The Morgan fingerprint density at radius 2 is 2.07 bits per heavy atom. The summed E-state index contributed by atoms with van der Waals surface area (Å²) in [6.45, 7) is 8.22. The Kier molecular flexibility index (Phi) is 9.49. The summed E-state index contributed by atoms with van der Waals surface area (Å²) in [6.07, 6.45) is 7.50. The zero-order valence-electron chi connectivity index (χ0n) is 10.1. The number of allylic oxidation sites excluding steroid dienone is 1. The van der Waals surface area contributed by atoms with Gasteiger partial charge in [-0.3, -0.25) is 4.79 Å². The average Bonchev–Trinajstić information content (AvgIpc) is 2.25. The van der Waals surface area contributed by atoms with Gasteiger partial charge in [-0.2, -0.15) is 0 Å². The van der Waals surface area contributed by atoms with Crippen molar-refractivity contribution in [2.24, 2.45) is 0 Å². The summed E-state index contributed by atoms with van der Waals surface area (Å²) in [6, 6.07) is 0. The first-order chi connectivity index (χ1) is 7.26. The van der Waals surface area contributed by atoms with Crippen LogP contribution < -0.4 is 0 Å². The van der Waals surface area contributed by atoms with Gasteiger partial charge in [0, 0.05) is 13.0 Å². The Morgan fingerprint density at radius 3 is 2.60 bits per heavy atom. The molecular formula is C13H24O2. The predicted octanol–water partition coefficient (Wildman–Crippen LogP) is 3.51. The van der Waals surface area contributed by atoms with E-state index >= 15 is 0 Å². The fourth-order valence-corrected chi connectivity index (χ4v) is 1.57. The van der Waals surface area contributed by atoms with Gasteiger partial charge in [-0.25, -0.2) is 0 Å². The maximum Gasteiger partial charge on any atom is 0.161 e. The van der Waals surface area contributed by atoms with Crippen molar-refractivity contribution in [3.05, 3.63) is 12.7 Å². The third-order valence-corrected chi connectivity index (χ3v) is 2.43. The monoisotopic (exact) mass is 212 g/mol. The molecular weight excluding hydrogens is 188 g/mol. The maximum absolute atomic E-state index is 11.7. The highest BCUT2D eigenvalue weighted by Crippen LogP contribution is 2.08. The van der Waals surface area contributed by atoms with Crippen molar-refractivity contribution < 1.29 is 9.53 Å². The molecule has 0 aliphatic carbocycles. The molecule has 15 heavy (non-hydrogen) atoms. The second kappa shape index (κ2) is 9.91. The molecule has 1 atom stereocenters. The largest absolute Gasteiger partial charge is 0.371 e. The number of ketones is 1. The molecule has 0 fully saturated rings. The summed E-state index contributed by atoms with van der Waals surface area (Å²) in [5.41, 5.74) is 0. The number of unbranched alkanes of at least 4 members (excludes halogenated alkanes) is 3. The molecule has 0 heterocycles. The first-order valence-corrected chi connectivity index (χ1v) is 6.01. The molecule has 0 N–H and O–H groups in total. The van der Waals surface area contributed by atoms with Gasteiger partial charge >= 0.3 is 0 Å². The van der Waals surface area contributed by atoms with Crippen LogP contribution in [0, 0.1) is 0 Å². The molecule has 0 saturated heterocycles. The van der Waals surface area contributed by atoms with Crippen LogP contribution >= 0.6 is 0 Å². The summed E-state index contributed by atoms with van der Waals surface area (Å²) >= 11 is 0. The standard InChI is InChI=1S/C13H24O2/c1-4-7-8-9-10-11-12(14)13(5-2)15-6-3/h4,13H,1,5-11H2,2-3H3. The molecule has 0 bridgehead atoms. The zero-order valence-corrected chi connectivity index (χ0v) is 10.1. The quantitative estimate of drug-likeness (QED) is 0.409. The van der Waals surface area contributed by atoms with Gasteiger partial charge in [-0.05, 0) is 32.6 Å². The van der Waals surface area contributed by atoms with Gasteiger partial charge < -0.3 is 4.74 Å². The molecule has 0 saturated carbocycles. The summed E-state index contributed by atoms with van der Waals surface area (Å²) < 4.78 is 5.37. The van der Waals surface area contributed by atoms with E-state index in [0.717, 1.165) is 32.1 Å². The lowest BCUT2D eigenvalue weighted by atomic mass is 10.1. The molecule has 0 aromatic carbocycles. The SMILES string of the molecule is C=CCCCCCC(=O)C(CC)OCC. The highest BCUT2D eigenvalue weighted by molar-refractivity contribution is 5.82. The van der Waals surface area contributed by atoms with Crippen LogP contribution in [0.25, 0.3) is 0 Å². The Labute approximate surface area is 93.7 Å². The molecule has 0 amide bonds. The van der Waals surface area contributed by atoms with E-state index in [1.54, 1.807) is 0 Å². The maximum atomic E-state index is 11.7. The Hall–Kier alpha value is -0.630. The molecule has 2 nitrogen and oxygen atoms in total. The molecule has 0 aromatic rings. The molecule has 0 spiro atoms. The third-order valence-electron chi connectivity index (χ3n) is 2.43. The lowest BCUT2D eigenvalue weighted by Crippen LogP contribution is -2.23. The second-order valence-electron chi connectivity index (χ2n) is 3.71. The first kappa shape index (κ1) is 14.4. The van der Waals surface area contributed by atoms with E-state index in [4.69, 9.17) is 4.74 Å². The van der Waals surface area contributed by atoms with Crippen LogP contribution in [0.2, 0.25) is 0 Å². The number of hydrogen-bond donors (Lipinski definition) is 0. The van der Waals surface area contributed by atoms with Crippen LogP contribution in [0.3, 0.4) is 0 Å². The van der Waals surface area contributed by atoms with Crippen molar-refractivity contribution in [1.29, 1.82) is 0 Å². The summed E-state index contributed by atoms with van der Waals surface area (Å²) in [4.78, 5) is 11.7. The number of carbonyl (C=O) groups excluding carboxylic acids is 1. The van der Waals surface area contributed by atoms with Crippen molar-refractivity contribution in [3.63, 3.8) is 0 Å². The molecule has 0 rings (SSSR count). The van der Waals surface area contributed by atoms with E-state index in [1.807, 2.05) is 19.9 Å². The van der Waals surface area contributed by atoms with Crippen molar-refractivity contribution >= 4 is 5.78 Å². The van der Waals surface area contributed by atoms with Crippen molar-refractivity contribution in [3.8, 4) is 0 Å². The summed E-state index contributed by atoms with van der Waals surface area (Å²) in [7, 11) is 0. The lowest BCUT2D eigenvalue weighted by molar-refractivity contribution is -0.130. The summed E-state index contributed by atoms with van der Waals surface area (Å²) in [5.74, 6) is 0.262. The Morgan fingerprint density at radius 1 is 1.33 bits per heavy atom. The van der Waals surface area contributed by atoms with E-state index in [9.17, 15) is 4.79 Å². The third kappa shape index (κ3) is 7.32. The fraction of sp³-hybridized carbons (Fsp3) is 0.769. The van der Waals surface area contributed by atoms with Crippen molar-refractivity contribution in [2.45, 2.75) is 58.5 Å². The number of rotatable bonds is 10. The first-order valence-electron chi connectivity index (χ1n) is 6.01. The number of hydrogen-bond acceptors (Lipinski definition) is 2. The van der Waals surface area contributed by atoms with Gasteiger partial charge in [-0.15, -0.1) is 6.58 Å². The van der Waals surface area contributed by atoms with Crippen LogP contribution in [0.15, 0.2) is 12.7 Å². The highest BCUT2D eigenvalue weighted by atomic mass is 16.5. The van der Waals surface area contributed by atoms with Crippen LogP contribution in [0.4, 0.5) is 0 Å². The van der Waals surface area contributed by atoms with Gasteiger partial charge in [0.25, 0.3) is 0 Å². The topological polar surface area (TPSA) is 26.3 Å². The molecule has 2 heteroatoms. The van der Waals surface area contributed by atoms with E-state index in [-0.39, 0.29) is 11.9 Å². The van der Waals surface area contributed by atoms with Crippen molar-refractivity contribution in [1.82, 2.24) is 0 Å². The minimum atomic E-state index is -0.172. The Balaban J connectivity index is 3.57. The zero-order chi connectivity index (χ0) is 11.5.